The lowest BCUT2D eigenvalue weighted by atomic mass is 9.70. The lowest BCUT2D eigenvalue weighted by molar-refractivity contribution is -0.152. The van der Waals surface area contributed by atoms with Gasteiger partial charge in [-0.1, -0.05) is 12.1 Å². The monoisotopic (exact) mass is 248 g/mol. The fourth-order valence-corrected chi connectivity index (χ4v) is 3.26. The van der Waals surface area contributed by atoms with Crippen molar-refractivity contribution in [2.45, 2.75) is 37.9 Å². The van der Waals surface area contributed by atoms with Crippen molar-refractivity contribution in [1.82, 2.24) is 0 Å². The fourth-order valence-electron chi connectivity index (χ4n) is 3.26. The molecule has 4 heteroatoms. The molecule has 0 aliphatic carbocycles. The Balaban J connectivity index is 1.88. The van der Waals surface area contributed by atoms with Gasteiger partial charge >= 0.3 is 5.97 Å². The number of aromatic hydroxyl groups is 1. The molecule has 2 aliphatic heterocycles. The van der Waals surface area contributed by atoms with E-state index in [-0.39, 0.29) is 18.0 Å². The first-order valence-electron chi connectivity index (χ1n) is 6.27. The number of ether oxygens (including phenoxy) is 1. The van der Waals surface area contributed by atoms with E-state index in [0.717, 1.165) is 18.4 Å². The first-order chi connectivity index (χ1) is 8.60. The number of phenols is 1. The van der Waals surface area contributed by atoms with E-state index in [2.05, 4.69) is 0 Å². The second-order valence-electron chi connectivity index (χ2n) is 5.33. The fraction of sp³-hybridized carbons (Fsp3) is 0.500. The number of hydrogen-bond donors (Lipinski definition) is 2. The maximum Gasteiger partial charge on any atom is 0.312 e. The summed E-state index contributed by atoms with van der Waals surface area (Å²) < 4.78 is 5.72. The second-order valence-corrected chi connectivity index (χ2v) is 5.33. The van der Waals surface area contributed by atoms with Crippen LogP contribution in [0.5, 0.6) is 5.75 Å². The first kappa shape index (κ1) is 11.5. The summed E-state index contributed by atoms with van der Waals surface area (Å²) in [6.45, 7) is 0. The maximum absolute atomic E-state index is 11.7. The van der Waals surface area contributed by atoms with Gasteiger partial charge in [0, 0.05) is 0 Å². The first-order valence-corrected chi connectivity index (χ1v) is 6.27. The van der Waals surface area contributed by atoms with Crippen LogP contribution in [0.2, 0.25) is 0 Å². The molecule has 1 aromatic rings. The Bertz CT molecular complexity index is 467. The third-order valence-electron chi connectivity index (χ3n) is 4.20. The predicted molar refractivity (Wildman–Crippen MR) is 64.4 cm³/mol. The number of fused-ring (bicyclic) bond motifs is 2. The van der Waals surface area contributed by atoms with Crippen LogP contribution in [0.15, 0.2) is 24.3 Å². The Morgan fingerprint density at radius 2 is 2.06 bits per heavy atom. The Hall–Kier alpha value is -1.55. The van der Waals surface area contributed by atoms with Crippen LogP contribution in [-0.4, -0.2) is 28.4 Å². The zero-order valence-corrected chi connectivity index (χ0v) is 10.0. The molecule has 3 unspecified atom stereocenters. The van der Waals surface area contributed by atoms with Crippen LogP contribution in [0.1, 0.15) is 24.8 Å². The lowest BCUT2D eigenvalue weighted by Crippen LogP contribution is -2.42. The summed E-state index contributed by atoms with van der Waals surface area (Å²) in [4.78, 5) is 11.7. The molecule has 4 nitrogen and oxygen atoms in total. The van der Waals surface area contributed by atoms with Crippen LogP contribution in [-0.2, 0) is 16.0 Å². The van der Waals surface area contributed by atoms with Crippen molar-refractivity contribution >= 4 is 5.97 Å². The summed E-state index contributed by atoms with van der Waals surface area (Å²) in [7, 11) is 0. The quantitative estimate of drug-likeness (QED) is 0.858. The molecule has 0 radical (unpaired) electrons. The minimum Gasteiger partial charge on any atom is -0.508 e. The molecule has 2 aliphatic rings. The summed E-state index contributed by atoms with van der Waals surface area (Å²) in [6, 6.07) is 6.76. The molecule has 96 valence electrons. The van der Waals surface area contributed by atoms with E-state index in [1.807, 2.05) is 0 Å². The third-order valence-corrected chi connectivity index (χ3v) is 4.20. The minimum atomic E-state index is -0.778. The second kappa shape index (κ2) is 3.99. The average Bonchev–Trinajstić information content (AvgIpc) is 2.93. The van der Waals surface area contributed by atoms with Gasteiger partial charge < -0.3 is 14.9 Å². The van der Waals surface area contributed by atoms with Gasteiger partial charge in [-0.25, -0.2) is 0 Å². The van der Waals surface area contributed by atoms with E-state index in [1.165, 1.54) is 0 Å². The minimum absolute atomic E-state index is 0.114. The smallest absolute Gasteiger partial charge is 0.312 e. The van der Waals surface area contributed by atoms with Crippen LogP contribution >= 0.6 is 0 Å². The number of carboxylic acids is 1. The van der Waals surface area contributed by atoms with Crippen LogP contribution in [0.4, 0.5) is 0 Å². The molecule has 0 saturated carbocycles. The highest BCUT2D eigenvalue weighted by Crippen LogP contribution is 2.49. The van der Waals surface area contributed by atoms with E-state index < -0.39 is 11.4 Å². The van der Waals surface area contributed by atoms with Gasteiger partial charge in [-0.15, -0.1) is 0 Å². The summed E-state index contributed by atoms with van der Waals surface area (Å²) in [6.07, 6.45) is 2.86. The Labute approximate surface area is 105 Å². The molecule has 1 aromatic carbocycles. The van der Waals surface area contributed by atoms with Gasteiger partial charge in [0.15, 0.2) is 0 Å². The van der Waals surface area contributed by atoms with E-state index in [4.69, 9.17) is 4.74 Å². The van der Waals surface area contributed by atoms with Crippen molar-refractivity contribution in [3.63, 3.8) is 0 Å². The van der Waals surface area contributed by atoms with Crippen LogP contribution in [0.3, 0.4) is 0 Å². The van der Waals surface area contributed by atoms with Gasteiger partial charge in [-0.3, -0.25) is 4.79 Å². The van der Waals surface area contributed by atoms with Gasteiger partial charge in [-0.2, -0.15) is 0 Å². The van der Waals surface area contributed by atoms with Crippen molar-refractivity contribution in [3.05, 3.63) is 29.8 Å². The normalized spacial score (nSPS) is 33.8. The topological polar surface area (TPSA) is 66.8 Å². The summed E-state index contributed by atoms with van der Waals surface area (Å²) in [5, 5.41) is 18.8. The lowest BCUT2D eigenvalue weighted by Gasteiger charge is -2.31. The number of carboxylic acid groups (broad SMARTS) is 1. The largest absolute Gasteiger partial charge is 0.508 e. The van der Waals surface area contributed by atoms with E-state index in [0.29, 0.717) is 12.8 Å². The van der Waals surface area contributed by atoms with Crippen LogP contribution < -0.4 is 0 Å². The van der Waals surface area contributed by atoms with Gasteiger partial charge in [-0.05, 0) is 43.4 Å². The highest BCUT2D eigenvalue weighted by atomic mass is 16.5. The highest BCUT2D eigenvalue weighted by molar-refractivity contribution is 5.76. The van der Waals surface area contributed by atoms with Gasteiger partial charge in [0.2, 0.25) is 0 Å². The molecular formula is C14H16O4. The van der Waals surface area contributed by atoms with Crippen molar-refractivity contribution in [2.75, 3.05) is 0 Å². The van der Waals surface area contributed by atoms with Crippen LogP contribution in [0, 0.1) is 5.41 Å². The summed E-state index contributed by atoms with van der Waals surface area (Å²) >= 11 is 0. The summed E-state index contributed by atoms with van der Waals surface area (Å²) in [5.41, 5.74) is 0.159. The van der Waals surface area contributed by atoms with Gasteiger partial charge in [0.25, 0.3) is 0 Å². The molecule has 3 atom stereocenters. The van der Waals surface area contributed by atoms with E-state index in [1.54, 1.807) is 24.3 Å². The Morgan fingerprint density at radius 3 is 2.56 bits per heavy atom. The van der Waals surface area contributed by atoms with Crippen molar-refractivity contribution in [1.29, 1.82) is 0 Å². The molecule has 2 saturated heterocycles. The van der Waals surface area contributed by atoms with Gasteiger partial charge in [0.05, 0.1) is 12.2 Å². The van der Waals surface area contributed by atoms with Crippen LogP contribution in [0.25, 0.3) is 0 Å². The molecule has 2 bridgehead atoms. The third kappa shape index (κ3) is 1.68. The zero-order chi connectivity index (χ0) is 12.8. The number of rotatable bonds is 3. The van der Waals surface area contributed by atoms with Crippen molar-refractivity contribution in [3.8, 4) is 5.75 Å². The Kier molecular flexibility index (Phi) is 2.55. The zero-order valence-electron chi connectivity index (χ0n) is 10.0. The number of hydrogen-bond acceptors (Lipinski definition) is 3. The SMILES string of the molecule is O=C(O)C1(Cc2ccc(O)cc2)CC2CCC1O2. The summed E-state index contributed by atoms with van der Waals surface area (Å²) in [5.74, 6) is -0.560. The molecule has 2 fully saturated rings. The molecular weight excluding hydrogens is 232 g/mol. The molecule has 2 N–H and O–H groups in total. The standard InChI is InChI=1S/C14H16O4/c15-10-3-1-9(2-4-10)7-14(13(16)17)8-11-5-6-12(14)18-11/h1-4,11-12,15H,5-8H2,(H,16,17). The number of benzene rings is 1. The number of aliphatic carboxylic acids is 1. The molecule has 0 aromatic heterocycles. The van der Waals surface area contributed by atoms with Crippen molar-refractivity contribution < 1.29 is 19.7 Å². The van der Waals surface area contributed by atoms with E-state index in [9.17, 15) is 15.0 Å². The average molecular weight is 248 g/mol. The molecule has 0 amide bonds. The van der Waals surface area contributed by atoms with Crippen molar-refractivity contribution in [2.24, 2.45) is 5.41 Å². The molecule has 2 heterocycles. The van der Waals surface area contributed by atoms with Gasteiger partial charge in [0.1, 0.15) is 11.2 Å². The molecule has 0 spiro atoms. The highest BCUT2D eigenvalue weighted by Gasteiger charge is 2.57. The maximum atomic E-state index is 11.7. The number of phenolic OH excluding ortho intramolecular Hbond substituents is 1. The predicted octanol–water partition coefficient (Wildman–Crippen LogP) is 1.96. The molecule has 3 rings (SSSR count). The Morgan fingerprint density at radius 1 is 1.33 bits per heavy atom. The molecule has 18 heavy (non-hydrogen) atoms. The number of carbonyl (C=O) groups is 1. The van der Waals surface area contributed by atoms with E-state index >= 15 is 0 Å².